The molecule has 0 aliphatic heterocycles. The van der Waals surface area contributed by atoms with E-state index in [4.69, 9.17) is 5.84 Å². The molecule has 0 radical (unpaired) electrons. The lowest BCUT2D eigenvalue weighted by Crippen LogP contribution is -2.38. The summed E-state index contributed by atoms with van der Waals surface area (Å²) >= 11 is 0. The molecule has 0 saturated heterocycles. The van der Waals surface area contributed by atoms with Crippen LogP contribution in [0.3, 0.4) is 0 Å². The normalized spacial score (nSPS) is 11.5. The van der Waals surface area contributed by atoms with Crippen molar-refractivity contribution in [2.75, 3.05) is 6.54 Å². The fraction of sp³-hybridized carbons (Fsp3) is 1.00. The third-order valence-electron chi connectivity index (χ3n) is 7.76. The first-order chi connectivity index (χ1) is 17.4. The first kappa shape index (κ1) is 34.9. The van der Waals surface area contributed by atoms with Crippen molar-refractivity contribution in [2.24, 2.45) is 5.84 Å². The summed E-state index contributed by atoms with van der Waals surface area (Å²) in [6.07, 6.45) is 43.6. The molecule has 0 bridgehead atoms. The van der Waals surface area contributed by atoms with Crippen LogP contribution in [0.15, 0.2) is 0 Å². The Kier molecular flexibility index (Phi) is 33.8. The van der Waals surface area contributed by atoms with Gasteiger partial charge in [0.2, 0.25) is 0 Å². The summed E-state index contributed by atoms with van der Waals surface area (Å²) in [4.78, 5) is 0. The standard InChI is InChI=1S/C32H69N3/c1-2-3-4-5-6-7-8-9-10-11-12-13-14-15-16-17-18-19-20-21-22-23-24-25-26-27-28-29-30-31-32-34-35-33/h34-35H,2-33H2,1H3. The van der Waals surface area contributed by atoms with Gasteiger partial charge in [-0.25, -0.2) is 5.43 Å². The third-order valence-corrected chi connectivity index (χ3v) is 7.76. The summed E-state index contributed by atoms with van der Waals surface area (Å²) in [5.41, 5.74) is 5.44. The molecule has 0 aromatic rings. The van der Waals surface area contributed by atoms with Crippen LogP contribution >= 0.6 is 0 Å². The van der Waals surface area contributed by atoms with Crippen LogP contribution in [0, 0.1) is 0 Å². The van der Waals surface area contributed by atoms with E-state index in [1.807, 2.05) is 0 Å². The highest BCUT2D eigenvalue weighted by molar-refractivity contribution is 4.52. The molecule has 0 atom stereocenters. The number of nitrogens with one attached hydrogen (secondary N) is 2. The molecule has 0 saturated carbocycles. The predicted molar refractivity (Wildman–Crippen MR) is 160 cm³/mol. The molecule has 0 unspecified atom stereocenters. The van der Waals surface area contributed by atoms with Crippen LogP contribution in [0.4, 0.5) is 0 Å². The van der Waals surface area contributed by atoms with Crippen LogP contribution in [0.2, 0.25) is 0 Å². The zero-order valence-corrected chi connectivity index (χ0v) is 24.5. The van der Waals surface area contributed by atoms with Crippen LogP contribution in [-0.4, -0.2) is 6.54 Å². The van der Waals surface area contributed by atoms with Crippen LogP contribution in [-0.2, 0) is 0 Å². The second kappa shape index (κ2) is 33.9. The number of hydrogen-bond donors (Lipinski definition) is 3. The topological polar surface area (TPSA) is 50.1 Å². The molecule has 35 heavy (non-hydrogen) atoms. The van der Waals surface area contributed by atoms with Crippen molar-refractivity contribution in [1.29, 1.82) is 0 Å². The Bertz CT molecular complexity index is 316. The van der Waals surface area contributed by atoms with Gasteiger partial charge in [-0.3, -0.25) is 5.84 Å². The lowest BCUT2D eigenvalue weighted by molar-refractivity contribution is 0.502. The van der Waals surface area contributed by atoms with Crippen LogP contribution in [0.5, 0.6) is 0 Å². The molecule has 0 heterocycles. The number of hydrazine groups is 2. The Morgan fingerprint density at radius 3 is 0.714 bits per heavy atom. The lowest BCUT2D eigenvalue weighted by atomic mass is 10.0. The molecule has 0 aliphatic carbocycles. The van der Waals surface area contributed by atoms with Gasteiger partial charge in [0, 0.05) is 6.54 Å². The van der Waals surface area contributed by atoms with Gasteiger partial charge in [-0.1, -0.05) is 193 Å². The minimum absolute atomic E-state index is 0.982. The first-order valence-electron chi connectivity index (χ1n) is 16.6. The van der Waals surface area contributed by atoms with Gasteiger partial charge in [-0.05, 0) is 6.42 Å². The van der Waals surface area contributed by atoms with Gasteiger partial charge in [0.15, 0.2) is 0 Å². The Hall–Kier alpha value is -0.120. The van der Waals surface area contributed by atoms with Gasteiger partial charge < -0.3 is 0 Å². The van der Waals surface area contributed by atoms with Gasteiger partial charge >= 0.3 is 0 Å². The zero-order chi connectivity index (χ0) is 25.3. The average molecular weight is 496 g/mol. The summed E-state index contributed by atoms with van der Waals surface area (Å²) in [6, 6.07) is 0. The van der Waals surface area contributed by atoms with Gasteiger partial charge in [0.1, 0.15) is 0 Å². The SMILES string of the molecule is CCCCCCCCCCCCCCCCCCCCCCCCCCCCCCCCNNN. The Balaban J connectivity index is 3.00. The van der Waals surface area contributed by atoms with Crippen molar-refractivity contribution < 1.29 is 0 Å². The predicted octanol–water partition coefficient (Wildman–Crippen LogP) is 10.7. The molecule has 0 amide bonds. The summed E-state index contributed by atoms with van der Waals surface area (Å²) < 4.78 is 0. The minimum atomic E-state index is 0.982. The van der Waals surface area contributed by atoms with E-state index in [9.17, 15) is 0 Å². The number of unbranched alkanes of at least 4 members (excludes halogenated alkanes) is 29. The number of nitrogens with two attached hydrogens (primary N) is 1. The summed E-state index contributed by atoms with van der Waals surface area (Å²) in [6.45, 7) is 3.29. The van der Waals surface area contributed by atoms with Crippen molar-refractivity contribution in [2.45, 2.75) is 200 Å². The van der Waals surface area contributed by atoms with E-state index in [2.05, 4.69) is 17.9 Å². The van der Waals surface area contributed by atoms with Gasteiger partial charge in [0.05, 0.1) is 0 Å². The highest BCUT2D eigenvalue weighted by Gasteiger charge is 1.97. The van der Waals surface area contributed by atoms with Gasteiger partial charge in [-0.15, -0.1) is 0 Å². The number of hydrogen-bond acceptors (Lipinski definition) is 3. The van der Waals surface area contributed by atoms with E-state index in [-0.39, 0.29) is 0 Å². The highest BCUT2D eigenvalue weighted by atomic mass is 15.5. The van der Waals surface area contributed by atoms with Crippen molar-refractivity contribution in [3.8, 4) is 0 Å². The van der Waals surface area contributed by atoms with Crippen molar-refractivity contribution in [3.05, 3.63) is 0 Å². The molecule has 0 rings (SSSR count). The van der Waals surface area contributed by atoms with E-state index in [0.717, 1.165) is 6.54 Å². The fourth-order valence-corrected chi connectivity index (χ4v) is 5.31. The van der Waals surface area contributed by atoms with Crippen molar-refractivity contribution in [1.82, 2.24) is 11.0 Å². The monoisotopic (exact) mass is 496 g/mol. The van der Waals surface area contributed by atoms with Crippen molar-refractivity contribution >= 4 is 0 Å². The molecule has 0 aromatic heterocycles. The quantitative estimate of drug-likeness (QED) is 0.0494. The van der Waals surface area contributed by atoms with Crippen LogP contribution < -0.4 is 16.8 Å². The zero-order valence-electron chi connectivity index (χ0n) is 24.5. The Morgan fingerprint density at radius 1 is 0.314 bits per heavy atom. The molecule has 0 spiro atoms. The lowest BCUT2D eigenvalue weighted by Gasteiger charge is -2.05. The average Bonchev–Trinajstić information content (AvgIpc) is 2.87. The summed E-state index contributed by atoms with van der Waals surface area (Å²) in [7, 11) is 0. The van der Waals surface area contributed by atoms with Gasteiger partial charge in [-0.2, -0.15) is 5.53 Å². The molecule has 0 aliphatic rings. The minimum Gasteiger partial charge on any atom is -0.258 e. The highest BCUT2D eigenvalue weighted by Crippen LogP contribution is 2.16. The maximum atomic E-state index is 5.18. The largest absolute Gasteiger partial charge is 0.258 e. The molecule has 3 nitrogen and oxygen atoms in total. The molecular weight excluding hydrogens is 426 g/mol. The molecule has 212 valence electrons. The van der Waals surface area contributed by atoms with Gasteiger partial charge in [0.25, 0.3) is 0 Å². The Morgan fingerprint density at radius 2 is 0.514 bits per heavy atom. The van der Waals surface area contributed by atoms with E-state index in [1.165, 1.54) is 193 Å². The summed E-state index contributed by atoms with van der Waals surface area (Å²) in [5.74, 6) is 5.18. The second-order valence-corrected chi connectivity index (χ2v) is 11.3. The van der Waals surface area contributed by atoms with E-state index in [1.54, 1.807) is 0 Å². The van der Waals surface area contributed by atoms with Crippen LogP contribution in [0.25, 0.3) is 0 Å². The maximum Gasteiger partial charge on any atom is 0.0113 e. The molecular formula is C32H69N3. The molecule has 0 aromatic carbocycles. The number of rotatable bonds is 32. The Labute approximate surface area is 222 Å². The third kappa shape index (κ3) is 33.9. The van der Waals surface area contributed by atoms with E-state index < -0.39 is 0 Å². The fourth-order valence-electron chi connectivity index (χ4n) is 5.31. The smallest absolute Gasteiger partial charge is 0.0113 e. The van der Waals surface area contributed by atoms with E-state index in [0.29, 0.717) is 0 Å². The summed E-state index contributed by atoms with van der Waals surface area (Å²) in [5, 5.41) is 0. The molecule has 4 N–H and O–H groups in total. The van der Waals surface area contributed by atoms with Crippen molar-refractivity contribution in [3.63, 3.8) is 0 Å². The first-order valence-corrected chi connectivity index (χ1v) is 16.6. The molecule has 0 fully saturated rings. The van der Waals surface area contributed by atoms with E-state index >= 15 is 0 Å². The van der Waals surface area contributed by atoms with Crippen LogP contribution in [0.1, 0.15) is 200 Å². The second-order valence-electron chi connectivity index (χ2n) is 11.3. The maximum absolute atomic E-state index is 5.18. The molecule has 3 heteroatoms.